The van der Waals surface area contributed by atoms with Crippen molar-refractivity contribution >= 4 is 27.8 Å². The van der Waals surface area contributed by atoms with Gasteiger partial charge < -0.3 is 24.8 Å². The molecule has 2 nitrogen and oxygen atoms in total. The van der Waals surface area contributed by atoms with Crippen LogP contribution in [-0.2, 0) is 32.1 Å². The van der Waals surface area contributed by atoms with Crippen molar-refractivity contribution in [3.05, 3.63) is 82.3 Å². The van der Waals surface area contributed by atoms with E-state index in [4.69, 9.17) is 8.85 Å². The zero-order chi connectivity index (χ0) is 26.3. The van der Waals surface area contributed by atoms with Crippen LogP contribution >= 0.6 is 0 Å². The minimum absolute atomic E-state index is 0. The fourth-order valence-electron chi connectivity index (χ4n) is 5.08. The van der Waals surface area contributed by atoms with Gasteiger partial charge in [0.1, 0.15) is 0 Å². The van der Waals surface area contributed by atoms with E-state index >= 15 is 0 Å². The summed E-state index contributed by atoms with van der Waals surface area (Å²) in [5.41, 5.74) is 8.77. The Labute approximate surface area is 256 Å². The molecule has 0 aromatic heterocycles. The van der Waals surface area contributed by atoms with Gasteiger partial charge in [-0.2, -0.15) is 0 Å². The molecule has 4 bridgehead atoms. The van der Waals surface area contributed by atoms with Gasteiger partial charge in [-0.25, -0.2) is 0 Å². The Morgan fingerprint density at radius 1 is 0.632 bits per heavy atom. The second-order valence-electron chi connectivity index (χ2n) is 13.8. The fraction of sp³-hybridized carbons (Fsp3) is 0.484. The minimum atomic E-state index is -1.97. The predicted molar refractivity (Wildman–Crippen MR) is 153 cm³/mol. The van der Waals surface area contributed by atoms with Crippen molar-refractivity contribution in [2.24, 2.45) is 0 Å². The number of hydrogen-bond donors (Lipinski definition) is 0. The van der Waals surface area contributed by atoms with Crippen molar-refractivity contribution in [1.82, 2.24) is 0 Å². The van der Waals surface area contributed by atoms with Crippen LogP contribution in [0.1, 0.15) is 77.5 Å². The molecule has 0 fully saturated rings. The summed E-state index contributed by atoms with van der Waals surface area (Å²) < 4.78 is 15.4. The summed E-state index contributed by atoms with van der Waals surface area (Å²) in [6, 6.07) is 18.3. The molecule has 0 radical (unpaired) electrons. The molecule has 7 heteroatoms. The number of fused-ring (bicyclic) bond motifs is 8. The molecule has 0 saturated carbocycles. The second-order valence-corrected chi connectivity index (χ2v) is 26.9. The summed E-state index contributed by atoms with van der Waals surface area (Å²) in [5.74, 6) is 2.66. The van der Waals surface area contributed by atoms with Crippen molar-refractivity contribution in [2.45, 2.75) is 91.5 Å². The van der Waals surface area contributed by atoms with Gasteiger partial charge in [-0.1, -0.05) is 0 Å². The molecule has 2 aromatic rings. The molecule has 1 heterocycles. The monoisotopic (exact) mass is 662 g/mol. The molecule has 0 amide bonds. The molecular formula is C31H42Cl2O2Si2Zr. The number of allylic oxidation sites excluding steroid dienone is 4. The summed E-state index contributed by atoms with van der Waals surface area (Å²) in [7, 11) is -3.94. The normalized spacial score (nSPS) is 20.2. The Morgan fingerprint density at radius 2 is 0.974 bits per heavy atom. The van der Waals surface area contributed by atoms with Crippen LogP contribution in [-0.4, -0.2) is 16.6 Å². The van der Waals surface area contributed by atoms with Crippen LogP contribution < -0.4 is 24.8 Å². The molecule has 2 unspecified atom stereocenters. The SMILES string of the molecule is CC(C)(C)[Si](C)(C)OC1=C2CC3=C(O[Si](C)(C)C(C)(C)C)[CH]([Zr+2][CH]1c1ccccc12)c1ccccc13.[Cl-].[Cl-]. The van der Waals surface area contributed by atoms with E-state index in [-0.39, 0.29) is 34.9 Å². The summed E-state index contributed by atoms with van der Waals surface area (Å²) in [6.07, 6.45) is 0.911. The van der Waals surface area contributed by atoms with Crippen molar-refractivity contribution < 1.29 is 56.9 Å². The van der Waals surface area contributed by atoms with E-state index in [0.717, 1.165) is 6.42 Å². The Balaban J connectivity index is 0.00000200. The molecule has 38 heavy (non-hydrogen) atoms. The van der Waals surface area contributed by atoms with E-state index in [2.05, 4.69) is 116 Å². The molecule has 2 aromatic carbocycles. The van der Waals surface area contributed by atoms with Crippen LogP contribution in [0.15, 0.2) is 60.0 Å². The van der Waals surface area contributed by atoms with Crippen molar-refractivity contribution in [1.29, 1.82) is 0 Å². The first-order valence-electron chi connectivity index (χ1n) is 13.4. The maximum atomic E-state index is 7.27. The smallest absolute Gasteiger partial charge is 1.00 e. The minimum Gasteiger partial charge on any atom is -1.00 e. The van der Waals surface area contributed by atoms with E-state index in [9.17, 15) is 0 Å². The molecule has 0 N–H and O–H groups in total. The van der Waals surface area contributed by atoms with Gasteiger partial charge in [-0.3, -0.25) is 0 Å². The molecule has 0 spiro atoms. The van der Waals surface area contributed by atoms with Gasteiger partial charge in [0.2, 0.25) is 0 Å². The number of benzene rings is 2. The predicted octanol–water partition coefficient (Wildman–Crippen LogP) is 3.46. The van der Waals surface area contributed by atoms with Crippen LogP contribution in [0.2, 0.25) is 36.3 Å². The summed E-state index contributed by atoms with van der Waals surface area (Å²) >= 11 is -1.08. The summed E-state index contributed by atoms with van der Waals surface area (Å²) in [6.45, 7) is 23.8. The van der Waals surface area contributed by atoms with Gasteiger partial charge in [0.25, 0.3) is 0 Å². The maximum absolute atomic E-state index is 7.27. The zero-order valence-electron chi connectivity index (χ0n) is 24.6. The summed E-state index contributed by atoms with van der Waals surface area (Å²) in [5, 5.41) is 0.356. The molecule has 0 saturated heterocycles. The maximum Gasteiger partial charge on any atom is -1.00 e. The van der Waals surface area contributed by atoms with E-state index in [0.29, 0.717) is 7.25 Å². The van der Waals surface area contributed by atoms with Crippen molar-refractivity contribution in [2.75, 3.05) is 0 Å². The van der Waals surface area contributed by atoms with E-state index in [1.165, 1.54) is 44.9 Å². The topological polar surface area (TPSA) is 18.5 Å². The van der Waals surface area contributed by atoms with Gasteiger partial charge in [0, 0.05) is 0 Å². The molecule has 3 aliphatic rings. The van der Waals surface area contributed by atoms with Gasteiger partial charge in [0.15, 0.2) is 0 Å². The molecule has 2 atom stereocenters. The summed E-state index contributed by atoms with van der Waals surface area (Å²) in [4.78, 5) is 0. The number of halogens is 2. The van der Waals surface area contributed by atoms with Crippen molar-refractivity contribution in [3.63, 3.8) is 0 Å². The van der Waals surface area contributed by atoms with Gasteiger partial charge in [0.05, 0.1) is 0 Å². The number of hydrogen-bond acceptors (Lipinski definition) is 2. The van der Waals surface area contributed by atoms with E-state index in [1.807, 2.05) is 0 Å². The van der Waals surface area contributed by atoms with E-state index in [1.54, 1.807) is 0 Å². The Bertz CT molecular complexity index is 1190. The molecule has 2 aliphatic carbocycles. The third-order valence-electron chi connectivity index (χ3n) is 9.34. The van der Waals surface area contributed by atoms with Crippen LogP contribution in [0.4, 0.5) is 0 Å². The van der Waals surface area contributed by atoms with Gasteiger partial charge >= 0.3 is 234 Å². The van der Waals surface area contributed by atoms with Crippen LogP contribution in [0.5, 0.6) is 0 Å². The third kappa shape index (κ3) is 5.25. The zero-order valence-corrected chi connectivity index (χ0v) is 30.5. The third-order valence-corrected chi connectivity index (χ3v) is 22.5. The standard InChI is InChI=1S/C31H42O2Si2.2ClH.Zr/c1-30(2,3)34(7,8)32-28-19-22-15-11-13-17-24(22)26(28)21-27-25-18-14-12-16-23(25)20-29(27)33-35(9,10)31(4,5)6;;;/h11-20H,21H2,1-10H3;2*1H;/q;;;+2/p-2. The first kappa shape index (κ1) is 31.9. The van der Waals surface area contributed by atoms with Crippen LogP contribution in [0.25, 0.3) is 11.1 Å². The molecular weight excluding hydrogens is 623 g/mol. The first-order valence-corrected chi connectivity index (χ1v) is 22.1. The average molecular weight is 665 g/mol. The molecule has 204 valence electrons. The van der Waals surface area contributed by atoms with Crippen LogP contribution in [0.3, 0.4) is 0 Å². The molecule has 5 rings (SSSR count). The largest absolute Gasteiger partial charge is 1.00 e. The van der Waals surface area contributed by atoms with Gasteiger partial charge in [-0.05, 0) is 0 Å². The quantitative estimate of drug-likeness (QED) is 0.467. The Hall–Kier alpha value is -0.583. The van der Waals surface area contributed by atoms with Crippen molar-refractivity contribution in [3.8, 4) is 0 Å². The number of rotatable bonds is 4. The molecule has 1 aliphatic heterocycles. The fourth-order valence-corrected chi connectivity index (χ4v) is 12.7. The second kappa shape index (κ2) is 10.7. The average Bonchev–Trinajstić information content (AvgIpc) is 3.23. The van der Waals surface area contributed by atoms with E-state index < -0.39 is 39.9 Å². The first-order chi connectivity index (χ1) is 16.6. The van der Waals surface area contributed by atoms with Gasteiger partial charge in [-0.15, -0.1) is 0 Å². The Morgan fingerprint density at radius 3 is 1.32 bits per heavy atom. The Kier molecular flexibility index (Phi) is 8.97. The van der Waals surface area contributed by atoms with Crippen LogP contribution in [0, 0.1) is 0 Å².